The van der Waals surface area contributed by atoms with Crippen molar-refractivity contribution in [1.29, 1.82) is 0 Å². The molecule has 2 unspecified atom stereocenters. The standard InChI is InChI=1S/C17H25NO4/c1-4-12(3)16(17(20)21)18-15(19)11-8-13-6-9-14(10-7-13)22-5-2/h6-7,9-10,12,16H,4-5,8,11H2,1-3H3,(H,18,19)(H,20,21). The van der Waals surface area contributed by atoms with Gasteiger partial charge >= 0.3 is 5.97 Å². The Balaban J connectivity index is 2.49. The number of carbonyl (C=O) groups excluding carboxylic acids is 1. The molecular formula is C17H25NO4. The van der Waals surface area contributed by atoms with Crippen molar-refractivity contribution in [3.63, 3.8) is 0 Å². The molecule has 0 spiro atoms. The molecule has 122 valence electrons. The zero-order valence-electron chi connectivity index (χ0n) is 13.5. The Morgan fingerprint density at radius 1 is 1.23 bits per heavy atom. The van der Waals surface area contributed by atoms with Gasteiger partial charge < -0.3 is 15.2 Å². The first-order valence-corrected chi connectivity index (χ1v) is 7.71. The fourth-order valence-corrected chi connectivity index (χ4v) is 2.11. The van der Waals surface area contributed by atoms with Crippen molar-refractivity contribution in [2.45, 2.75) is 46.1 Å². The lowest BCUT2D eigenvalue weighted by Gasteiger charge is -2.20. The molecule has 0 radical (unpaired) electrons. The van der Waals surface area contributed by atoms with Gasteiger partial charge in [-0.1, -0.05) is 32.4 Å². The summed E-state index contributed by atoms with van der Waals surface area (Å²) in [7, 11) is 0. The number of carbonyl (C=O) groups is 2. The summed E-state index contributed by atoms with van der Waals surface area (Å²) in [4.78, 5) is 23.1. The quantitative estimate of drug-likeness (QED) is 0.735. The topological polar surface area (TPSA) is 75.6 Å². The van der Waals surface area contributed by atoms with Gasteiger partial charge in [0.2, 0.25) is 5.91 Å². The minimum absolute atomic E-state index is 0.0908. The maximum atomic E-state index is 11.9. The van der Waals surface area contributed by atoms with Gasteiger partial charge in [0.15, 0.2) is 0 Å². The van der Waals surface area contributed by atoms with Crippen molar-refractivity contribution in [3.05, 3.63) is 29.8 Å². The first-order chi connectivity index (χ1) is 10.5. The van der Waals surface area contributed by atoms with Crippen LogP contribution in [0.2, 0.25) is 0 Å². The zero-order valence-corrected chi connectivity index (χ0v) is 13.5. The summed E-state index contributed by atoms with van der Waals surface area (Å²) in [6.07, 6.45) is 1.55. The normalized spacial score (nSPS) is 13.2. The molecule has 0 bridgehead atoms. The average Bonchev–Trinajstić information content (AvgIpc) is 2.51. The third-order valence-corrected chi connectivity index (χ3v) is 3.67. The maximum Gasteiger partial charge on any atom is 0.326 e. The highest BCUT2D eigenvalue weighted by molar-refractivity contribution is 5.83. The van der Waals surface area contributed by atoms with E-state index in [9.17, 15) is 9.59 Å². The molecule has 1 amide bonds. The van der Waals surface area contributed by atoms with Crippen molar-refractivity contribution in [2.24, 2.45) is 5.92 Å². The van der Waals surface area contributed by atoms with Crippen molar-refractivity contribution in [1.82, 2.24) is 5.32 Å². The van der Waals surface area contributed by atoms with Gasteiger partial charge in [-0.25, -0.2) is 4.79 Å². The summed E-state index contributed by atoms with van der Waals surface area (Å²) in [5.41, 5.74) is 1.02. The number of hydrogen-bond donors (Lipinski definition) is 2. The Bertz CT molecular complexity index is 484. The van der Waals surface area contributed by atoms with Crippen LogP contribution in [0.4, 0.5) is 0 Å². The summed E-state index contributed by atoms with van der Waals surface area (Å²) >= 11 is 0. The summed E-state index contributed by atoms with van der Waals surface area (Å²) in [6, 6.07) is 6.76. The van der Waals surface area contributed by atoms with Gasteiger partial charge in [0.25, 0.3) is 0 Å². The lowest BCUT2D eigenvalue weighted by Crippen LogP contribution is -2.45. The van der Waals surface area contributed by atoms with Gasteiger partial charge in [0, 0.05) is 6.42 Å². The van der Waals surface area contributed by atoms with Crippen LogP contribution in [-0.4, -0.2) is 29.6 Å². The molecule has 0 saturated heterocycles. The van der Waals surface area contributed by atoms with Crippen LogP contribution in [0.1, 0.15) is 39.2 Å². The Morgan fingerprint density at radius 3 is 2.36 bits per heavy atom. The first-order valence-electron chi connectivity index (χ1n) is 7.71. The molecule has 0 fully saturated rings. The zero-order chi connectivity index (χ0) is 16.5. The Hall–Kier alpha value is -2.04. The SMILES string of the molecule is CCOc1ccc(CCC(=O)NC(C(=O)O)C(C)CC)cc1. The monoisotopic (exact) mass is 307 g/mol. The molecule has 5 nitrogen and oxygen atoms in total. The van der Waals surface area contributed by atoms with Crippen LogP contribution in [0.3, 0.4) is 0 Å². The lowest BCUT2D eigenvalue weighted by molar-refractivity contribution is -0.143. The van der Waals surface area contributed by atoms with Gasteiger partial charge in [0.1, 0.15) is 11.8 Å². The van der Waals surface area contributed by atoms with Gasteiger partial charge in [-0.15, -0.1) is 0 Å². The highest BCUT2D eigenvalue weighted by Crippen LogP contribution is 2.13. The van der Waals surface area contributed by atoms with Crippen LogP contribution < -0.4 is 10.1 Å². The maximum absolute atomic E-state index is 11.9. The number of aryl methyl sites for hydroxylation is 1. The number of hydrogen-bond acceptors (Lipinski definition) is 3. The molecule has 5 heteroatoms. The molecule has 0 aromatic heterocycles. The van der Waals surface area contributed by atoms with Crippen LogP contribution in [0.25, 0.3) is 0 Å². The van der Waals surface area contributed by atoms with Crippen LogP contribution in [0, 0.1) is 5.92 Å². The smallest absolute Gasteiger partial charge is 0.326 e. The van der Waals surface area contributed by atoms with E-state index in [4.69, 9.17) is 9.84 Å². The fourth-order valence-electron chi connectivity index (χ4n) is 2.11. The molecule has 0 aliphatic heterocycles. The third-order valence-electron chi connectivity index (χ3n) is 3.67. The van der Waals surface area contributed by atoms with Crippen molar-refractivity contribution in [3.8, 4) is 5.75 Å². The molecule has 2 atom stereocenters. The van der Waals surface area contributed by atoms with E-state index in [-0.39, 0.29) is 18.2 Å². The highest BCUT2D eigenvalue weighted by Gasteiger charge is 2.24. The van der Waals surface area contributed by atoms with Crippen LogP contribution in [0.5, 0.6) is 5.75 Å². The Kier molecular flexibility index (Phi) is 7.43. The molecule has 22 heavy (non-hydrogen) atoms. The second-order valence-corrected chi connectivity index (χ2v) is 5.35. The van der Waals surface area contributed by atoms with Gasteiger partial charge in [-0.3, -0.25) is 4.79 Å². The highest BCUT2D eigenvalue weighted by atomic mass is 16.5. The number of benzene rings is 1. The Labute approximate surface area is 131 Å². The van der Waals surface area contributed by atoms with Crippen molar-refractivity contribution < 1.29 is 19.4 Å². The largest absolute Gasteiger partial charge is 0.494 e. The van der Waals surface area contributed by atoms with Crippen LogP contribution >= 0.6 is 0 Å². The number of aliphatic carboxylic acids is 1. The van der Waals surface area contributed by atoms with E-state index in [0.717, 1.165) is 11.3 Å². The number of carboxylic acid groups (broad SMARTS) is 1. The summed E-state index contributed by atoms with van der Waals surface area (Å²) < 4.78 is 5.36. The lowest BCUT2D eigenvalue weighted by atomic mass is 9.99. The molecule has 1 aromatic carbocycles. The predicted octanol–water partition coefficient (Wildman–Crippen LogP) is 2.63. The molecule has 0 aliphatic rings. The van der Waals surface area contributed by atoms with E-state index >= 15 is 0 Å². The van der Waals surface area contributed by atoms with E-state index < -0.39 is 12.0 Å². The molecule has 0 aliphatic carbocycles. The average molecular weight is 307 g/mol. The fraction of sp³-hybridized carbons (Fsp3) is 0.529. The Morgan fingerprint density at radius 2 is 1.86 bits per heavy atom. The minimum atomic E-state index is -0.983. The van der Waals surface area contributed by atoms with Gasteiger partial charge in [0.05, 0.1) is 6.61 Å². The molecule has 1 rings (SSSR count). The molecule has 1 aromatic rings. The number of rotatable bonds is 9. The minimum Gasteiger partial charge on any atom is -0.494 e. The number of ether oxygens (including phenoxy) is 1. The van der Waals surface area contributed by atoms with E-state index in [1.807, 2.05) is 45.0 Å². The third kappa shape index (κ3) is 5.76. The first kappa shape index (κ1) is 18.0. The molecule has 0 heterocycles. The second-order valence-electron chi connectivity index (χ2n) is 5.35. The molecule has 2 N–H and O–H groups in total. The summed E-state index contributed by atoms with van der Waals surface area (Å²) in [5, 5.41) is 11.8. The van der Waals surface area contributed by atoms with Crippen LogP contribution in [0.15, 0.2) is 24.3 Å². The summed E-state index contributed by atoms with van der Waals surface area (Å²) in [5.74, 6) is -0.504. The van der Waals surface area contributed by atoms with E-state index in [1.54, 1.807) is 0 Å². The molecule has 0 saturated carbocycles. The molecular weight excluding hydrogens is 282 g/mol. The summed E-state index contributed by atoms with van der Waals surface area (Å²) in [6.45, 7) is 6.28. The number of nitrogens with one attached hydrogen (secondary N) is 1. The van der Waals surface area contributed by atoms with Crippen LogP contribution in [-0.2, 0) is 16.0 Å². The van der Waals surface area contributed by atoms with E-state index in [1.165, 1.54) is 0 Å². The second kappa shape index (κ2) is 9.07. The van der Waals surface area contributed by atoms with Gasteiger partial charge in [-0.05, 0) is 37.0 Å². The van der Waals surface area contributed by atoms with E-state index in [2.05, 4.69) is 5.32 Å². The van der Waals surface area contributed by atoms with Gasteiger partial charge in [-0.2, -0.15) is 0 Å². The van der Waals surface area contributed by atoms with Crippen molar-refractivity contribution >= 4 is 11.9 Å². The van der Waals surface area contributed by atoms with E-state index in [0.29, 0.717) is 19.4 Å². The predicted molar refractivity (Wildman–Crippen MR) is 85.0 cm³/mol. The van der Waals surface area contributed by atoms with Crippen molar-refractivity contribution in [2.75, 3.05) is 6.61 Å². The number of amides is 1. The number of carboxylic acids is 1.